The number of rotatable bonds is 4. The summed E-state index contributed by atoms with van der Waals surface area (Å²) in [5.74, 6) is 1.66. The van der Waals surface area contributed by atoms with E-state index in [9.17, 15) is 4.21 Å². The van der Waals surface area contributed by atoms with Crippen LogP contribution in [0.5, 0.6) is 0 Å². The van der Waals surface area contributed by atoms with Crippen molar-refractivity contribution in [2.24, 2.45) is 0 Å². The van der Waals surface area contributed by atoms with E-state index in [1.165, 1.54) is 11.1 Å². The highest BCUT2D eigenvalue weighted by atomic mass is 32.2. The first-order chi connectivity index (χ1) is 8.28. The van der Waals surface area contributed by atoms with Gasteiger partial charge in [0.15, 0.2) is 0 Å². The summed E-state index contributed by atoms with van der Waals surface area (Å²) in [6.07, 6.45) is 0. The Kier molecular flexibility index (Phi) is 4.71. The minimum Gasteiger partial charge on any atom is -0.316 e. The summed E-state index contributed by atoms with van der Waals surface area (Å²) >= 11 is 0. The van der Waals surface area contributed by atoms with Gasteiger partial charge in [-0.15, -0.1) is 0 Å². The maximum Gasteiger partial charge on any atom is 0.0363 e. The van der Waals surface area contributed by atoms with Crippen molar-refractivity contribution in [1.29, 1.82) is 0 Å². The van der Waals surface area contributed by atoms with Crippen LogP contribution in [0.1, 0.15) is 11.1 Å². The van der Waals surface area contributed by atoms with Crippen LogP contribution in [0.2, 0.25) is 0 Å². The zero-order valence-corrected chi connectivity index (χ0v) is 11.1. The van der Waals surface area contributed by atoms with Gasteiger partial charge in [-0.1, -0.05) is 24.3 Å². The van der Waals surface area contributed by atoms with Gasteiger partial charge in [0.2, 0.25) is 0 Å². The molecule has 1 aliphatic heterocycles. The standard InChI is InChI=1S/C13H20N2OS/c1-14-10-12-3-2-4-13(9-12)11-15-5-7-17(16)8-6-15/h2-4,9,14H,5-8,10-11H2,1H3. The van der Waals surface area contributed by atoms with Crippen molar-refractivity contribution in [3.63, 3.8) is 0 Å². The molecule has 17 heavy (non-hydrogen) atoms. The summed E-state index contributed by atoms with van der Waals surface area (Å²) in [6.45, 7) is 3.82. The molecule has 94 valence electrons. The van der Waals surface area contributed by atoms with Crippen LogP contribution in [0, 0.1) is 0 Å². The van der Waals surface area contributed by atoms with Gasteiger partial charge in [-0.25, -0.2) is 0 Å². The van der Waals surface area contributed by atoms with Crippen LogP contribution >= 0.6 is 0 Å². The molecule has 1 fully saturated rings. The first kappa shape index (κ1) is 12.7. The molecule has 0 atom stereocenters. The summed E-state index contributed by atoms with van der Waals surface area (Å²) < 4.78 is 11.3. The molecule has 3 nitrogen and oxygen atoms in total. The molecular formula is C13H20N2OS. The average Bonchev–Trinajstić information content (AvgIpc) is 2.33. The fourth-order valence-electron chi connectivity index (χ4n) is 2.13. The lowest BCUT2D eigenvalue weighted by Crippen LogP contribution is -2.37. The lowest BCUT2D eigenvalue weighted by molar-refractivity contribution is 0.291. The van der Waals surface area contributed by atoms with Crippen LogP contribution < -0.4 is 5.32 Å². The Morgan fingerprint density at radius 2 is 2.00 bits per heavy atom. The van der Waals surface area contributed by atoms with E-state index in [4.69, 9.17) is 0 Å². The molecule has 0 aliphatic carbocycles. The Balaban J connectivity index is 1.93. The quantitative estimate of drug-likeness (QED) is 0.866. The highest BCUT2D eigenvalue weighted by Gasteiger charge is 2.14. The van der Waals surface area contributed by atoms with Gasteiger partial charge in [-0.05, 0) is 18.2 Å². The van der Waals surface area contributed by atoms with E-state index in [0.29, 0.717) is 0 Å². The molecule has 0 unspecified atom stereocenters. The molecule has 0 spiro atoms. The Labute approximate surface area is 106 Å². The van der Waals surface area contributed by atoms with Crippen molar-refractivity contribution in [3.8, 4) is 0 Å². The number of hydrogen-bond acceptors (Lipinski definition) is 3. The number of benzene rings is 1. The Morgan fingerprint density at radius 1 is 1.29 bits per heavy atom. The smallest absolute Gasteiger partial charge is 0.0363 e. The van der Waals surface area contributed by atoms with E-state index in [2.05, 4.69) is 34.5 Å². The number of hydrogen-bond donors (Lipinski definition) is 1. The fraction of sp³-hybridized carbons (Fsp3) is 0.538. The van der Waals surface area contributed by atoms with E-state index in [-0.39, 0.29) is 0 Å². The molecule has 2 rings (SSSR count). The highest BCUT2D eigenvalue weighted by molar-refractivity contribution is 7.85. The largest absolute Gasteiger partial charge is 0.316 e. The number of nitrogens with one attached hydrogen (secondary N) is 1. The maximum atomic E-state index is 11.3. The zero-order valence-electron chi connectivity index (χ0n) is 10.3. The lowest BCUT2D eigenvalue weighted by Gasteiger charge is -2.26. The minimum absolute atomic E-state index is 0.578. The molecule has 1 aromatic carbocycles. The predicted octanol–water partition coefficient (Wildman–Crippen LogP) is 0.970. The summed E-state index contributed by atoms with van der Waals surface area (Å²) in [5.41, 5.74) is 2.68. The fourth-order valence-corrected chi connectivity index (χ4v) is 3.26. The summed E-state index contributed by atoms with van der Waals surface area (Å²) in [7, 11) is 1.39. The van der Waals surface area contributed by atoms with Crippen molar-refractivity contribution < 1.29 is 4.21 Å². The SMILES string of the molecule is CNCc1cccc(CN2CCS(=O)CC2)c1. The second-order valence-corrected chi connectivity index (χ2v) is 6.17. The van der Waals surface area contributed by atoms with Gasteiger partial charge in [0.05, 0.1) is 0 Å². The van der Waals surface area contributed by atoms with Gasteiger partial charge in [-0.3, -0.25) is 9.11 Å². The van der Waals surface area contributed by atoms with Crippen LogP contribution in [0.4, 0.5) is 0 Å². The molecular weight excluding hydrogens is 232 g/mol. The zero-order chi connectivity index (χ0) is 12.1. The molecule has 0 aromatic heterocycles. The van der Waals surface area contributed by atoms with Gasteiger partial charge >= 0.3 is 0 Å². The van der Waals surface area contributed by atoms with Crippen LogP contribution in [-0.2, 0) is 23.9 Å². The Hall–Kier alpha value is -0.710. The Bertz CT molecular complexity index is 385. The third-order valence-corrected chi connectivity index (χ3v) is 4.32. The van der Waals surface area contributed by atoms with E-state index < -0.39 is 10.8 Å². The molecule has 0 saturated carbocycles. The van der Waals surface area contributed by atoms with Crippen LogP contribution in [-0.4, -0.2) is 40.8 Å². The third kappa shape index (κ3) is 3.91. The van der Waals surface area contributed by atoms with Gasteiger partial charge in [-0.2, -0.15) is 0 Å². The van der Waals surface area contributed by atoms with Crippen molar-refractivity contribution >= 4 is 10.8 Å². The predicted molar refractivity (Wildman–Crippen MR) is 72.4 cm³/mol. The Morgan fingerprint density at radius 3 is 2.71 bits per heavy atom. The topological polar surface area (TPSA) is 32.3 Å². The molecule has 1 saturated heterocycles. The second kappa shape index (κ2) is 6.28. The van der Waals surface area contributed by atoms with E-state index >= 15 is 0 Å². The summed E-state index contributed by atoms with van der Waals surface area (Å²) in [6, 6.07) is 8.68. The minimum atomic E-state index is -0.578. The van der Waals surface area contributed by atoms with Crippen molar-refractivity contribution in [3.05, 3.63) is 35.4 Å². The monoisotopic (exact) mass is 252 g/mol. The van der Waals surface area contributed by atoms with Crippen molar-refractivity contribution in [2.75, 3.05) is 31.6 Å². The summed E-state index contributed by atoms with van der Waals surface area (Å²) in [4.78, 5) is 2.39. The van der Waals surface area contributed by atoms with Gasteiger partial charge in [0.1, 0.15) is 0 Å². The lowest BCUT2D eigenvalue weighted by atomic mass is 10.1. The number of nitrogens with zero attached hydrogens (tertiary/aromatic N) is 1. The van der Waals surface area contributed by atoms with Crippen LogP contribution in [0.25, 0.3) is 0 Å². The van der Waals surface area contributed by atoms with Gasteiger partial charge in [0.25, 0.3) is 0 Å². The third-order valence-electron chi connectivity index (χ3n) is 3.05. The molecule has 1 N–H and O–H groups in total. The van der Waals surface area contributed by atoms with E-state index in [0.717, 1.165) is 37.7 Å². The van der Waals surface area contributed by atoms with Gasteiger partial charge < -0.3 is 5.32 Å². The van der Waals surface area contributed by atoms with Crippen molar-refractivity contribution in [1.82, 2.24) is 10.2 Å². The van der Waals surface area contributed by atoms with E-state index in [1.807, 2.05) is 7.05 Å². The second-order valence-electron chi connectivity index (χ2n) is 4.47. The first-order valence-corrected chi connectivity index (χ1v) is 7.56. The molecule has 0 radical (unpaired) electrons. The van der Waals surface area contributed by atoms with Crippen LogP contribution in [0.15, 0.2) is 24.3 Å². The average molecular weight is 252 g/mol. The van der Waals surface area contributed by atoms with Gasteiger partial charge in [0, 0.05) is 48.5 Å². The molecule has 1 aromatic rings. The molecule has 1 heterocycles. The molecule has 0 amide bonds. The maximum absolute atomic E-state index is 11.3. The summed E-state index contributed by atoms with van der Waals surface area (Å²) in [5, 5.41) is 3.17. The van der Waals surface area contributed by atoms with E-state index in [1.54, 1.807) is 0 Å². The normalized spacial score (nSPS) is 18.4. The molecule has 0 bridgehead atoms. The molecule has 1 aliphatic rings. The first-order valence-electron chi connectivity index (χ1n) is 6.07. The van der Waals surface area contributed by atoms with Crippen molar-refractivity contribution in [2.45, 2.75) is 13.1 Å². The van der Waals surface area contributed by atoms with Crippen LogP contribution in [0.3, 0.4) is 0 Å². The highest BCUT2D eigenvalue weighted by Crippen LogP contribution is 2.10. The molecule has 4 heteroatoms.